The van der Waals surface area contributed by atoms with E-state index < -0.39 is 0 Å². The van der Waals surface area contributed by atoms with Crippen molar-refractivity contribution in [1.82, 2.24) is 0 Å². The van der Waals surface area contributed by atoms with Crippen LogP contribution in [0.25, 0.3) is 0 Å². The van der Waals surface area contributed by atoms with Crippen molar-refractivity contribution in [1.29, 1.82) is 0 Å². The van der Waals surface area contributed by atoms with Crippen LogP contribution in [0.2, 0.25) is 5.02 Å². The summed E-state index contributed by atoms with van der Waals surface area (Å²) in [7, 11) is 0. The lowest BCUT2D eigenvalue weighted by Gasteiger charge is -2.10. The number of rotatable bonds is 2. The number of ketones is 1. The van der Waals surface area contributed by atoms with Crippen molar-refractivity contribution in [2.45, 2.75) is 27.7 Å². The molecule has 2 rings (SSSR count). The Labute approximate surface area is 119 Å². The molecule has 0 unspecified atom stereocenters. The summed E-state index contributed by atoms with van der Waals surface area (Å²) in [5.74, 6) is 0.0335. The van der Waals surface area contributed by atoms with E-state index in [9.17, 15) is 4.79 Å². The number of benzene rings is 2. The Kier molecular flexibility index (Phi) is 3.77. The van der Waals surface area contributed by atoms with E-state index in [1.54, 1.807) is 6.07 Å². The maximum atomic E-state index is 12.6. The van der Waals surface area contributed by atoms with Gasteiger partial charge in [0.1, 0.15) is 0 Å². The molecule has 0 aliphatic carbocycles. The second-order valence-corrected chi connectivity index (χ2v) is 5.53. The topological polar surface area (TPSA) is 17.1 Å². The first-order chi connectivity index (χ1) is 8.88. The summed E-state index contributed by atoms with van der Waals surface area (Å²) in [5.41, 5.74) is 5.74. The number of carbonyl (C=O) groups excluding carboxylic acids is 1. The van der Waals surface area contributed by atoms with Crippen LogP contribution in [0.15, 0.2) is 30.3 Å². The Balaban J connectivity index is 2.53. The lowest BCUT2D eigenvalue weighted by Crippen LogP contribution is -2.05. The molecule has 0 saturated heterocycles. The zero-order chi connectivity index (χ0) is 14.2. The van der Waals surface area contributed by atoms with Crippen LogP contribution in [-0.4, -0.2) is 5.78 Å². The van der Waals surface area contributed by atoms with Gasteiger partial charge in [0.15, 0.2) is 5.78 Å². The fraction of sp³-hybridized carbons (Fsp3) is 0.235. The van der Waals surface area contributed by atoms with Gasteiger partial charge in [-0.15, -0.1) is 0 Å². The Morgan fingerprint density at radius 3 is 2.11 bits per heavy atom. The van der Waals surface area contributed by atoms with Crippen LogP contribution < -0.4 is 0 Å². The van der Waals surface area contributed by atoms with Crippen molar-refractivity contribution in [3.8, 4) is 0 Å². The van der Waals surface area contributed by atoms with E-state index >= 15 is 0 Å². The van der Waals surface area contributed by atoms with E-state index in [1.165, 1.54) is 5.56 Å². The van der Waals surface area contributed by atoms with E-state index in [1.807, 2.05) is 39.0 Å². The highest BCUT2D eigenvalue weighted by Gasteiger charge is 2.14. The molecular formula is C17H17ClO. The molecule has 0 aromatic heterocycles. The average molecular weight is 273 g/mol. The summed E-state index contributed by atoms with van der Waals surface area (Å²) in [6.07, 6.45) is 0. The predicted molar refractivity (Wildman–Crippen MR) is 80.3 cm³/mol. The molecule has 0 aliphatic rings. The third-order valence-electron chi connectivity index (χ3n) is 3.39. The Morgan fingerprint density at radius 2 is 1.47 bits per heavy atom. The van der Waals surface area contributed by atoms with Gasteiger partial charge in [0.05, 0.1) is 0 Å². The second kappa shape index (κ2) is 5.18. The van der Waals surface area contributed by atoms with E-state index in [0.29, 0.717) is 10.6 Å². The highest BCUT2D eigenvalue weighted by Crippen LogP contribution is 2.21. The van der Waals surface area contributed by atoms with Gasteiger partial charge in [-0.05, 0) is 74.2 Å². The predicted octanol–water partition coefficient (Wildman–Crippen LogP) is 4.80. The van der Waals surface area contributed by atoms with Crippen molar-refractivity contribution in [2.75, 3.05) is 0 Å². The Bertz CT molecular complexity index is 636. The molecule has 2 heteroatoms. The van der Waals surface area contributed by atoms with E-state index in [-0.39, 0.29) is 5.78 Å². The standard InChI is InChI=1S/C17H17ClO/c1-10-5-14(9-15(18)6-10)17(19)16-8-12(3)11(2)7-13(16)4/h5-9H,1-4H3. The van der Waals surface area contributed by atoms with Crippen molar-refractivity contribution < 1.29 is 4.79 Å². The molecule has 1 nitrogen and oxygen atoms in total. The summed E-state index contributed by atoms with van der Waals surface area (Å²) >= 11 is 6.03. The number of hydrogen-bond donors (Lipinski definition) is 0. The minimum absolute atomic E-state index is 0.0335. The maximum absolute atomic E-state index is 12.6. The molecule has 0 amide bonds. The summed E-state index contributed by atoms with van der Waals surface area (Å²) in [6.45, 7) is 7.99. The normalized spacial score (nSPS) is 10.6. The highest BCUT2D eigenvalue weighted by molar-refractivity contribution is 6.31. The largest absolute Gasteiger partial charge is 0.289 e. The molecule has 0 fully saturated rings. The summed E-state index contributed by atoms with van der Waals surface area (Å²) in [6, 6.07) is 9.48. The first kappa shape index (κ1) is 13.8. The summed E-state index contributed by atoms with van der Waals surface area (Å²) in [5, 5.41) is 0.602. The first-order valence-electron chi connectivity index (χ1n) is 6.28. The third kappa shape index (κ3) is 2.87. The van der Waals surface area contributed by atoms with Crippen LogP contribution in [0.5, 0.6) is 0 Å². The molecule has 0 radical (unpaired) electrons. The SMILES string of the molecule is Cc1cc(Cl)cc(C(=O)c2cc(C)c(C)cc2C)c1. The van der Waals surface area contributed by atoms with Crippen molar-refractivity contribution >= 4 is 17.4 Å². The van der Waals surface area contributed by atoms with Crippen LogP contribution in [0.3, 0.4) is 0 Å². The molecule has 0 atom stereocenters. The minimum Gasteiger partial charge on any atom is -0.289 e. The zero-order valence-electron chi connectivity index (χ0n) is 11.7. The molecule has 0 heterocycles. The Hall–Kier alpha value is -1.60. The molecule has 19 heavy (non-hydrogen) atoms. The second-order valence-electron chi connectivity index (χ2n) is 5.10. The quantitative estimate of drug-likeness (QED) is 0.718. The van der Waals surface area contributed by atoms with Gasteiger partial charge in [-0.3, -0.25) is 4.79 Å². The fourth-order valence-corrected chi connectivity index (χ4v) is 2.52. The van der Waals surface area contributed by atoms with Crippen molar-refractivity contribution in [2.24, 2.45) is 0 Å². The Morgan fingerprint density at radius 1 is 0.842 bits per heavy atom. The minimum atomic E-state index is 0.0335. The zero-order valence-corrected chi connectivity index (χ0v) is 12.4. The number of aryl methyl sites for hydroxylation is 4. The average Bonchev–Trinajstić information content (AvgIpc) is 2.31. The first-order valence-corrected chi connectivity index (χ1v) is 6.66. The van der Waals surface area contributed by atoms with Crippen LogP contribution >= 0.6 is 11.6 Å². The van der Waals surface area contributed by atoms with Crippen molar-refractivity contribution in [3.05, 3.63) is 68.7 Å². The van der Waals surface area contributed by atoms with Gasteiger partial charge in [-0.2, -0.15) is 0 Å². The molecule has 0 N–H and O–H groups in total. The van der Waals surface area contributed by atoms with E-state index in [2.05, 4.69) is 13.0 Å². The lowest BCUT2D eigenvalue weighted by atomic mass is 9.94. The number of hydrogen-bond acceptors (Lipinski definition) is 1. The monoisotopic (exact) mass is 272 g/mol. The van der Waals surface area contributed by atoms with Gasteiger partial charge in [0.25, 0.3) is 0 Å². The molecule has 2 aromatic carbocycles. The van der Waals surface area contributed by atoms with Crippen molar-refractivity contribution in [3.63, 3.8) is 0 Å². The van der Waals surface area contributed by atoms with Crippen LogP contribution in [0.4, 0.5) is 0 Å². The fourth-order valence-electron chi connectivity index (χ4n) is 2.23. The van der Waals surface area contributed by atoms with Gasteiger partial charge in [-0.25, -0.2) is 0 Å². The van der Waals surface area contributed by atoms with E-state index in [0.717, 1.165) is 22.3 Å². The molecule has 98 valence electrons. The number of carbonyl (C=O) groups is 1. The van der Waals surface area contributed by atoms with Gasteiger partial charge >= 0.3 is 0 Å². The summed E-state index contributed by atoms with van der Waals surface area (Å²) in [4.78, 5) is 12.6. The maximum Gasteiger partial charge on any atom is 0.193 e. The van der Waals surface area contributed by atoms with Gasteiger partial charge < -0.3 is 0 Å². The molecule has 0 saturated carbocycles. The molecular weight excluding hydrogens is 256 g/mol. The van der Waals surface area contributed by atoms with Crippen LogP contribution in [0.1, 0.15) is 38.2 Å². The van der Waals surface area contributed by atoms with E-state index in [4.69, 9.17) is 11.6 Å². The van der Waals surface area contributed by atoms with Gasteiger partial charge in [0.2, 0.25) is 0 Å². The summed E-state index contributed by atoms with van der Waals surface area (Å²) < 4.78 is 0. The molecule has 2 aromatic rings. The molecule has 0 spiro atoms. The van der Waals surface area contributed by atoms with Gasteiger partial charge in [0, 0.05) is 16.1 Å². The molecule has 0 bridgehead atoms. The smallest absolute Gasteiger partial charge is 0.193 e. The van der Waals surface area contributed by atoms with Crippen LogP contribution in [-0.2, 0) is 0 Å². The highest BCUT2D eigenvalue weighted by atomic mass is 35.5. The third-order valence-corrected chi connectivity index (χ3v) is 3.61. The van der Waals surface area contributed by atoms with Crippen LogP contribution in [0, 0.1) is 27.7 Å². The number of halogens is 1. The lowest BCUT2D eigenvalue weighted by molar-refractivity contribution is 0.103. The van der Waals surface area contributed by atoms with Gasteiger partial charge in [-0.1, -0.05) is 17.7 Å². The molecule has 0 aliphatic heterocycles.